The first-order valence-corrected chi connectivity index (χ1v) is 9.09. The molecule has 3 aromatic carbocycles. The fourth-order valence-electron chi connectivity index (χ4n) is 3.68. The van der Waals surface area contributed by atoms with Gasteiger partial charge in [-0.05, 0) is 59.4 Å². The third-order valence-electron chi connectivity index (χ3n) is 5.16. The number of halogens is 2. The van der Waals surface area contributed by atoms with E-state index in [1.54, 1.807) is 24.3 Å². The number of carbonyl (C=O) groups is 1. The summed E-state index contributed by atoms with van der Waals surface area (Å²) in [5.41, 5.74) is 10.8. The summed E-state index contributed by atoms with van der Waals surface area (Å²) in [4.78, 5) is 11.2. The van der Waals surface area contributed by atoms with Gasteiger partial charge >= 0.3 is 0 Å². The van der Waals surface area contributed by atoms with Crippen molar-refractivity contribution < 1.29 is 9.18 Å². The molecule has 144 valence electrons. The lowest BCUT2D eigenvalue weighted by molar-refractivity contribution is 0.100. The van der Waals surface area contributed by atoms with Crippen LogP contribution in [0, 0.1) is 5.82 Å². The molecule has 3 aromatic rings. The molecule has 0 aromatic heterocycles. The fraction of sp³-hybridized carbons (Fsp3) is 0.174. The molecule has 0 heterocycles. The second-order valence-electron chi connectivity index (χ2n) is 7.01. The van der Waals surface area contributed by atoms with E-state index in [-0.39, 0.29) is 18.2 Å². The minimum atomic E-state index is -0.488. The van der Waals surface area contributed by atoms with E-state index in [2.05, 4.69) is 29.6 Å². The molecule has 1 amide bonds. The minimum Gasteiger partial charge on any atom is -0.366 e. The Bertz CT molecular complexity index is 963. The zero-order chi connectivity index (χ0) is 18.8. The average Bonchev–Trinajstić information content (AvgIpc) is 3.10. The number of hydrogen-bond acceptors (Lipinski definition) is 2. The normalized spacial score (nSPS) is 13.0. The summed E-state index contributed by atoms with van der Waals surface area (Å²) in [6.07, 6.45) is 2.05. The Balaban J connectivity index is 0.00000225. The van der Waals surface area contributed by atoms with Crippen LogP contribution in [0.4, 0.5) is 4.39 Å². The lowest BCUT2D eigenvalue weighted by Gasteiger charge is -2.13. The molecule has 1 aliphatic rings. The summed E-state index contributed by atoms with van der Waals surface area (Å²) in [5, 5.41) is 3.58. The molecule has 28 heavy (non-hydrogen) atoms. The van der Waals surface area contributed by atoms with Crippen LogP contribution < -0.4 is 11.1 Å². The molecule has 0 fully saturated rings. The van der Waals surface area contributed by atoms with Crippen molar-refractivity contribution in [3.8, 4) is 11.1 Å². The first kappa shape index (κ1) is 20.1. The molecule has 3 N–H and O–H groups in total. The van der Waals surface area contributed by atoms with Gasteiger partial charge in [0.05, 0.1) is 0 Å². The summed E-state index contributed by atoms with van der Waals surface area (Å²) >= 11 is 0. The van der Waals surface area contributed by atoms with Gasteiger partial charge in [0.15, 0.2) is 0 Å². The van der Waals surface area contributed by atoms with E-state index in [4.69, 9.17) is 5.73 Å². The van der Waals surface area contributed by atoms with E-state index in [0.29, 0.717) is 23.7 Å². The number of amides is 1. The van der Waals surface area contributed by atoms with Gasteiger partial charge < -0.3 is 11.1 Å². The van der Waals surface area contributed by atoms with Crippen LogP contribution >= 0.6 is 12.4 Å². The molecule has 0 radical (unpaired) electrons. The van der Waals surface area contributed by atoms with Gasteiger partial charge in [-0.3, -0.25) is 4.79 Å². The number of benzene rings is 3. The van der Waals surface area contributed by atoms with Crippen LogP contribution in [0.25, 0.3) is 11.1 Å². The molecule has 0 spiro atoms. The molecule has 5 heteroatoms. The van der Waals surface area contributed by atoms with Crippen molar-refractivity contribution in [2.45, 2.75) is 25.4 Å². The third kappa shape index (κ3) is 4.24. The quantitative estimate of drug-likeness (QED) is 0.676. The zero-order valence-corrected chi connectivity index (χ0v) is 16.1. The third-order valence-corrected chi connectivity index (χ3v) is 5.16. The van der Waals surface area contributed by atoms with Crippen molar-refractivity contribution in [1.29, 1.82) is 0 Å². The summed E-state index contributed by atoms with van der Waals surface area (Å²) in [6.45, 7) is 0.686. The standard InChI is InChI=1S/C23H21FN2O.ClH/c24-22-10-5-15(11-21(22)16-6-8-17(9-7-16)23(25)27)14-26-20-12-18-3-1-2-4-19(18)13-20;/h1-11,20,26H,12-14H2,(H2,25,27);1H. The topological polar surface area (TPSA) is 55.1 Å². The van der Waals surface area contributed by atoms with Crippen molar-refractivity contribution in [2.24, 2.45) is 5.73 Å². The van der Waals surface area contributed by atoms with Crippen LogP contribution in [0.15, 0.2) is 66.7 Å². The monoisotopic (exact) mass is 396 g/mol. The Hall–Kier alpha value is -2.69. The van der Waals surface area contributed by atoms with Crippen molar-refractivity contribution >= 4 is 18.3 Å². The Labute approximate surface area is 170 Å². The largest absolute Gasteiger partial charge is 0.366 e. The Morgan fingerprint density at radius 3 is 2.25 bits per heavy atom. The van der Waals surface area contributed by atoms with Gasteiger partial charge in [0.2, 0.25) is 5.91 Å². The molecular formula is C23H22ClFN2O. The molecule has 0 bridgehead atoms. The van der Waals surface area contributed by atoms with Crippen LogP contribution in [-0.2, 0) is 19.4 Å². The van der Waals surface area contributed by atoms with Gasteiger partial charge in [0.25, 0.3) is 0 Å². The van der Waals surface area contributed by atoms with Gasteiger partial charge in [-0.1, -0.05) is 42.5 Å². The molecule has 0 saturated heterocycles. The smallest absolute Gasteiger partial charge is 0.248 e. The molecule has 3 nitrogen and oxygen atoms in total. The summed E-state index contributed by atoms with van der Waals surface area (Å²) < 4.78 is 14.3. The Morgan fingerprint density at radius 2 is 1.64 bits per heavy atom. The highest BCUT2D eigenvalue weighted by Gasteiger charge is 2.20. The fourth-order valence-corrected chi connectivity index (χ4v) is 3.68. The van der Waals surface area contributed by atoms with E-state index in [1.807, 2.05) is 12.1 Å². The average molecular weight is 397 g/mol. The van der Waals surface area contributed by atoms with Gasteiger partial charge in [0.1, 0.15) is 5.82 Å². The maximum Gasteiger partial charge on any atom is 0.248 e. The number of hydrogen-bond donors (Lipinski definition) is 2. The van der Waals surface area contributed by atoms with E-state index in [9.17, 15) is 9.18 Å². The Kier molecular flexibility index (Phi) is 6.12. The van der Waals surface area contributed by atoms with Gasteiger partial charge in [-0.15, -0.1) is 12.4 Å². The minimum absolute atomic E-state index is 0. The van der Waals surface area contributed by atoms with Crippen molar-refractivity contribution in [3.63, 3.8) is 0 Å². The number of rotatable bonds is 5. The van der Waals surface area contributed by atoms with E-state index >= 15 is 0 Å². The number of primary amides is 1. The van der Waals surface area contributed by atoms with Gasteiger partial charge in [0, 0.05) is 23.7 Å². The SMILES string of the molecule is Cl.NC(=O)c1ccc(-c2cc(CNC3Cc4ccccc4C3)ccc2F)cc1. The van der Waals surface area contributed by atoms with Gasteiger partial charge in [-0.2, -0.15) is 0 Å². The predicted octanol–water partition coefficient (Wildman–Crippen LogP) is 4.27. The highest BCUT2D eigenvalue weighted by molar-refractivity contribution is 5.93. The number of carbonyl (C=O) groups excluding carboxylic acids is 1. The van der Waals surface area contributed by atoms with E-state index in [1.165, 1.54) is 17.2 Å². The number of fused-ring (bicyclic) bond motifs is 1. The molecular weight excluding hydrogens is 375 g/mol. The highest BCUT2D eigenvalue weighted by Crippen LogP contribution is 2.25. The van der Waals surface area contributed by atoms with Crippen molar-refractivity contribution in [2.75, 3.05) is 0 Å². The predicted molar refractivity (Wildman–Crippen MR) is 112 cm³/mol. The van der Waals surface area contributed by atoms with Crippen LogP contribution in [0.5, 0.6) is 0 Å². The van der Waals surface area contributed by atoms with Crippen LogP contribution in [0.3, 0.4) is 0 Å². The maximum absolute atomic E-state index is 14.3. The van der Waals surface area contributed by atoms with Crippen LogP contribution in [0.1, 0.15) is 27.0 Å². The highest BCUT2D eigenvalue weighted by atomic mass is 35.5. The van der Waals surface area contributed by atoms with Crippen molar-refractivity contribution in [1.82, 2.24) is 5.32 Å². The number of nitrogens with one attached hydrogen (secondary N) is 1. The first-order valence-electron chi connectivity index (χ1n) is 9.09. The molecule has 0 saturated carbocycles. The Morgan fingerprint density at radius 1 is 1.00 bits per heavy atom. The van der Waals surface area contributed by atoms with Crippen molar-refractivity contribution in [3.05, 3.63) is 94.8 Å². The summed E-state index contributed by atoms with van der Waals surface area (Å²) in [6, 6.07) is 20.8. The second-order valence-corrected chi connectivity index (χ2v) is 7.01. The molecule has 1 aliphatic carbocycles. The lowest BCUT2D eigenvalue weighted by Crippen LogP contribution is -2.28. The maximum atomic E-state index is 14.3. The molecule has 0 atom stereocenters. The molecule has 0 unspecified atom stereocenters. The summed E-state index contributed by atoms with van der Waals surface area (Å²) in [7, 11) is 0. The zero-order valence-electron chi connectivity index (χ0n) is 15.3. The molecule has 4 rings (SSSR count). The molecule has 0 aliphatic heterocycles. The lowest BCUT2D eigenvalue weighted by atomic mass is 10.0. The first-order chi connectivity index (χ1) is 13.1. The van der Waals surface area contributed by atoms with Crippen LogP contribution in [-0.4, -0.2) is 11.9 Å². The van der Waals surface area contributed by atoms with E-state index in [0.717, 1.165) is 24.0 Å². The summed E-state index contributed by atoms with van der Waals surface area (Å²) in [5.74, 6) is -0.767. The number of nitrogens with two attached hydrogens (primary N) is 1. The van der Waals surface area contributed by atoms with E-state index < -0.39 is 5.91 Å². The van der Waals surface area contributed by atoms with Crippen LogP contribution in [0.2, 0.25) is 0 Å². The second kappa shape index (κ2) is 8.55. The van der Waals surface area contributed by atoms with Gasteiger partial charge in [-0.25, -0.2) is 4.39 Å².